The molecule has 0 aliphatic rings. The van der Waals surface area contributed by atoms with Crippen LogP contribution in [0.1, 0.15) is 0 Å². The molecule has 0 radical (unpaired) electrons. The predicted octanol–water partition coefficient (Wildman–Crippen LogP) is 29.1. The summed E-state index contributed by atoms with van der Waals surface area (Å²) in [5.74, 6) is 1.62. The van der Waals surface area contributed by atoms with Crippen LogP contribution in [0, 0.1) is 0 Å². The Bertz CT molecular complexity index is 9090. The van der Waals surface area contributed by atoms with Crippen LogP contribution in [0.2, 0.25) is 0 Å². The van der Waals surface area contributed by atoms with Gasteiger partial charge in [-0.1, -0.05) is 243 Å². The van der Waals surface area contributed by atoms with Gasteiger partial charge in [-0.2, -0.15) is 0 Å². The van der Waals surface area contributed by atoms with E-state index in [1.165, 1.54) is 134 Å². The summed E-state index contributed by atoms with van der Waals surface area (Å²) in [6.07, 6.45) is 0. The molecular formula is C110H65N9S. The van der Waals surface area contributed by atoms with Gasteiger partial charge in [0.05, 0.1) is 77.2 Å². The van der Waals surface area contributed by atoms with Gasteiger partial charge in [0, 0.05) is 102 Å². The summed E-state index contributed by atoms with van der Waals surface area (Å²) in [4.78, 5) is 21.8. The molecule has 8 aromatic heterocycles. The number of thiophene rings is 1. The number of rotatable bonds is 7. The fraction of sp³-hybridized carbons (Fsp3) is 0. The summed E-state index contributed by atoms with van der Waals surface area (Å²) < 4.78 is 14.4. The van der Waals surface area contributed by atoms with Crippen LogP contribution in [0.25, 0.3) is 246 Å². The normalized spacial score (nSPS) is 12.2. The molecule has 0 aliphatic heterocycles. The van der Waals surface area contributed by atoms with Crippen molar-refractivity contribution in [1.82, 2.24) is 42.8 Å². The maximum Gasteiger partial charge on any atom is 0.165 e. The Morgan fingerprint density at radius 2 is 0.533 bits per heavy atom. The van der Waals surface area contributed by atoms with E-state index in [1.54, 1.807) is 0 Å². The van der Waals surface area contributed by atoms with Crippen LogP contribution in [0.5, 0.6) is 0 Å². The molecular weight excluding hydrogens is 1480 g/mol. The maximum absolute atomic E-state index is 5.52. The number of fused-ring (bicyclic) bond motifs is 25. The zero-order valence-corrected chi connectivity index (χ0v) is 65.3. The standard InChI is InChI=1S/C58H35N5.C52H30N4S/c1-2-15-40(16-3-1)61-50-23-11-6-18-43(50)45-30-27-38(34-54(45)61)57-58(60-49-22-10-9-21-48(49)59-57)63-51-24-12-7-19-44(51)47-33-37-26-29-41(32-39(37)35-55(47)63)62-52-25-13-8-20-46(52)56-42-17-5-4-14-36(42)28-31-53(56)62;1-2-12-32-28-47-41(26-31(32)11-1)37-13-3-8-18-45(37)55(47)36-23-21-33-27-42-38-14-4-9-19-46(38)56(48(42)29-35(33)25-36)52-51(53-43-16-6-7-17-44(43)54-52)34-22-24-40-39-15-5-10-20-49(39)57-50(40)30-34/h1-35H;1-30H. The molecule has 0 atom stereocenters. The molecule has 27 rings (SSSR count). The van der Waals surface area contributed by atoms with Crippen molar-refractivity contribution in [3.05, 3.63) is 394 Å². The molecule has 0 N–H and O–H groups in total. The molecule has 10 heteroatoms. The molecule has 556 valence electrons. The zero-order chi connectivity index (χ0) is 78.4. The minimum Gasteiger partial charge on any atom is -0.309 e. The Hall–Kier alpha value is -15.9. The Labute approximate surface area is 689 Å². The van der Waals surface area contributed by atoms with Gasteiger partial charge in [0.15, 0.2) is 11.6 Å². The third kappa shape index (κ3) is 10.0. The van der Waals surface area contributed by atoms with Crippen molar-refractivity contribution in [2.45, 2.75) is 0 Å². The van der Waals surface area contributed by atoms with Crippen LogP contribution in [-0.2, 0) is 0 Å². The summed E-state index contributed by atoms with van der Waals surface area (Å²) >= 11 is 1.83. The molecule has 0 spiro atoms. The number of aromatic nitrogens is 9. The second kappa shape index (κ2) is 25.8. The van der Waals surface area contributed by atoms with Crippen LogP contribution in [-0.4, -0.2) is 42.8 Å². The molecule has 0 amide bonds. The second-order valence-electron chi connectivity index (χ2n) is 31.6. The van der Waals surface area contributed by atoms with Crippen molar-refractivity contribution in [3.63, 3.8) is 0 Å². The number of para-hydroxylation sites is 10. The Morgan fingerprint density at radius 3 is 1.10 bits per heavy atom. The van der Waals surface area contributed by atoms with Gasteiger partial charge < -0.3 is 13.7 Å². The molecule has 0 saturated carbocycles. The highest BCUT2D eigenvalue weighted by atomic mass is 32.1. The van der Waals surface area contributed by atoms with E-state index in [0.717, 1.165) is 112 Å². The highest BCUT2D eigenvalue weighted by Crippen LogP contribution is 2.46. The Balaban J connectivity index is 0.000000130. The highest BCUT2D eigenvalue weighted by Gasteiger charge is 2.26. The summed E-state index contributed by atoms with van der Waals surface area (Å²) in [6, 6.07) is 143. The summed E-state index contributed by atoms with van der Waals surface area (Å²) in [5.41, 5.74) is 22.0. The van der Waals surface area contributed by atoms with Crippen molar-refractivity contribution < 1.29 is 0 Å². The van der Waals surface area contributed by atoms with Crippen LogP contribution in [0.4, 0.5) is 0 Å². The molecule has 0 saturated heterocycles. The lowest BCUT2D eigenvalue weighted by molar-refractivity contribution is 1.08. The quantitative estimate of drug-likeness (QED) is 0.159. The van der Waals surface area contributed by atoms with Crippen molar-refractivity contribution in [2.75, 3.05) is 0 Å². The molecule has 9 nitrogen and oxygen atoms in total. The lowest BCUT2D eigenvalue weighted by Crippen LogP contribution is -2.04. The average molecular weight is 1540 g/mol. The van der Waals surface area contributed by atoms with Gasteiger partial charge in [0.25, 0.3) is 0 Å². The second-order valence-corrected chi connectivity index (χ2v) is 32.7. The van der Waals surface area contributed by atoms with E-state index < -0.39 is 0 Å². The van der Waals surface area contributed by atoms with Crippen molar-refractivity contribution in [2.24, 2.45) is 0 Å². The largest absolute Gasteiger partial charge is 0.309 e. The van der Waals surface area contributed by atoms with Crippen LogP contribution >= 0.6 is 11.3 Å². The topological polar surface area (TPSA) is 76.2 Å². The minimum atomic E-state index is 0.798. The third-order valence-electron chi connectivity index (χ3n) is 25.0. The summed E-state index contributed by atoms with van der Waals surface area (Å²) in [5, 5.41) is 24.5. The van der Waals surface area contributed by atoms with Crippen molar-refractivity contribution in [3.8, 4) is 51.2 Å². The zero-order valence-electron chi connectivity index (χ0n) is 64.5. The Kier molecular flexibility index (Phi) is 14.3. The molecule has 0 unspecified atom stereocenters. The van der Waals surface area contributed by atoms with Gasteiger partial charge in [-0.25, -0.2) is 19.9 Å². The minimum absolute atomic E-state index is 0.798. The van der Waals surface area contributed by atoms with E-state index in [2.05, 4.69) is 393 Å². The molecule has 27 aromatic rings. The predicted molar refractivity (Wildman–Crippen MR) is 505 cm³/mol. The smallest absolute Gasteiger partial charge is 0.165 e. The van der Waals surface area contributed by atoms with E-state index in [1.807, 2.05) is 35.6 Å². The van der Waals surface area contributed by atoms with E-state index in [4.69, 9.17) is 19.9 Å². The lowest BCUT2D eigenvalue weighted by atomic mass is 10.0. The molecule has 120 heavy (non-hydrogen) atoms. The lowest BCUT2D eigenvalue weighted by Gasteiger charge is -2.15. The summed E-state index contributed by atoms with van der Waals surface area (Å²) in [7, 11) is 0. The molecule has 0 bridgehead atoms. The molecule has 8 heterocycles. The molecule has 0 fully saturated rings. The Morgan fingerprint density at radius 1 is 0.175 bits per heavy atom. The highest BCUT2D eigenvalue weighted by molar-refractivity contribution is 7.25. The maximum atomic E-state index is 5.52. The average Bonchev–Trinajstić information content (AvgIpc) is 1.57. The van der Waals surface area contributed by atoms with Gasteiger partial charge in [0.1, 0.15) is 11.4 Å². The molecule has 19 aromatic carbocycles. The first-order valence-corrected chi connectivity index (χ1v) is 41.6. The first-order chi connectivity index (χ1) is 59.5. The monoisotopic (exact) mass is 1540 g/mol. The third-order valence-corrected chi connectivity index (χ3v) is 26.1. The van der Waals surface area contributed by atoms with Crippen LogP contribution in [0.15, 0.2) is 394 Å². The molecule has 0 aliphatic carbocycles. The SMILES string of the molecule is c1ccc(-n2c3ccccc3c3ccc(-c4nc5ccccc5nc4-n4c5ccccc5c5cc6ccc(-n7c8ccccc8c8c9ccccc9ccc87)cc6cc54)cc32)cc1.c1ccc2cc3c(cc2c1)c1ccccc1n3-c1ccc2cc3c4ccccc4n(-c4nc5ccccc5nc4-c4ccc5c(c4)sc4ccccc45)c3cc2c1. The van der Waals surface area contributed by atoms with Gasteiger partial charge in [0.2, 0.25) is 0 Å². The fourth-order valence-corrected chi connectivity index (χ4v) is 20.8. The summed E-state index contributed by atoms with van der Waals surface area (Å²) in [6.45, 7) is 0. The fourth-order valence-electron chi connectivity index (χ4n) is 19.6. The van der Waals surface area contributed by atoms with E-state index in [0.29, 0.717) is 0 Å². The van der Waals surface area contributed by atoms with Crippen molar-refractivity contribution >= 4 is 206 Å². The first-order valence-electron chi connectivity index (χ1n) is 40.8. The number of nitrogens with zero attached hydrogens (tertiary/aromatic N) is 9. The van der Waals surface area contributed by atoms with E-state index in [-0.39, 0.29) is 0 Å². The number of hydrogen-bond donors (Lipinski definition) is 0. The number of hydrogen-bond acceptors (Lipinski definition) is 5. The van der Waals surface area contributed by atoms with E-state index in [9.17, 15) is 0 Å². The van der Waals surface area contributed by atoms with E-state index >= 15 is 0 Å². The van der Waals surface area contributed by atoms with Gasteiger partial charge >= 0.3 is 0 Å². The van der Waals surface area contributed by atoms with Crippen molar-refractivity contribution in [1.29, 1.82) is 0 Å². The van der Waals surface area contributed by atoms with Crippen LogP contribution in [0.3, 0.4) is 0 Å². The van der Waals surface area contributed by atoms with Crippen LogP contribution < -0.4 is 0 Å². The van der Waals surface area contributed by atoms with Gasteiger partial charge in [-0.3, -0.25) is 9.13 Å². The number of benzene rings is 19. The van der Waals surface area contributed by atoms with Gasteiger partial charge in [-0.05, 0) is 195 Å². The van der Waals surface area contributed by atoms with Gasteiger partial charge in [-0.15, -0.1) is 11.3 Å². The first kappa shape index (κ1) is 66.4.